The number of ether oxygens (including phenoxy) is 1. The summed E-state index contributed by atoms with van der Waals surface area (Å²) in [5.41, 5.74) is 1.73. The second kappa shape index (κ2) is 9.94. The zero-order valence-corrected chi connectivity index (χ0v) is 18.3. The molecule has 3 aromatic rings. The maximum Gasteiger partial charge on any atom is 0.251 e. The number of nitrogens with one attached hydrogen (secondary N) is 1. The van der Waals surface area contributed by atoms with Gasteiger partial charge in [0.25, 0.3) is 5.91 Å². The smallest absolute Gasteiger partial charge is 0.251 e. The molecule has 1 N–H and O–H groups in total. The Balaban J connectivity index is 1.65. The van der Waals surface area contributed by atoms with Gasteiger partial charge in [0.05, 0.1) is 18.8 Å². The second-order valence-electron chi connectivity index (χ2n) is 7.65. The van der Waals surface area contributed by atoms with Crippen LogP contribution in [0.4, 0.5) is 5.69 Å². The van der Waals surface area contributed by atoms with Crippen molar-refractivity contribution in [2.75, 3.05) is 18.1 Å². The summed E-state index contributed by atoms with van der Waals surface area (Å²) in [7, 11) is 0. The highest BCUT2D eigenvalue weighted by Crippen LogP contribution is 2.30. The van der Waals surface area contributed by atoms with Crippen molar-refractivity contribution in [1.82, 2.24) is 5.32 Å². The number of anilines is 1. The first-order valence-corrected chi connectivity index (χ1v) is 11.3. The van der Waals surface area contributed by atoms with Crippen molar-refractivity contribution in [1.29, 1.82) is 0 Å². The predicted molar refractivity (Wildman–Crippen MR) is 120 cm³/mol. The molecule has 1 fully saturated rings. The zero-order valence-electron chi connectivity index (χ0n) is 17.5. The molecule has 4 rings (SSSR count). The number of benzene rings is 1. The number of hydrogen-bond acceptors (Lipinski definition) is 5. The van der Waals surface area contributed by atoms with Gasteiger partial charge in [0.2, 0.25) is 5.91 Å². The summed E-state index contributed by atoms with van der Waals surface area (Å²) in [6.07, 6.45) is 3.66. The average molecular weight is 439 g/mol. The highest BCUT2D eigenvalue weighted by molar-refractivity contribution is 7.10. The van der Waals surface area contributed by atoms with E-state index < -0.39 is 6.04 Å². The third-order valence-electron chi connectivity index (χ3n) is 5.33. The number of rotatable bonds is 8. The van der Waals surface area contributed by atoms with Gasteiger partial charge in [-0.15, -0.1) is 11.3 Å². The molecule has 0 saturated carbocycles. The summed E-state index contributed by atoms with van der Waals surface area (Å²) in [6.45, 7) is 3.12. The van der Waals surface area contributed by atoms with Crippen molar-refractivity contribution in [2.24, 2.45) is 0 Å². The van der Waals surface area contributed by atoms with Gasteiger partial charge >= 0.3 is 0 Å². The van der Waals surface area contributed by atoms with Gasteiger partial charge in [-0.05, 0) is 55.5 Å². The third kappa shape index (κ3) is 5.24. The Morgan fingerprint density at radius 2 is 2.03 bits per heavy atom. The Kier molecular flexibility index (Phi) is 6.84. The van der Waals surface area contributed by atoms with E-state index in [0.29, 0.717) is 18.0 Å². The Morgan fingerprint density at radius 3 is 2.68 bits per heavy atom. The second-order valence-corrected chi connectivity index (χ2v) is 8.69. The lowest BCUT2D eigenvalue weighted by atomic mass is 10.1. The highest BCUT2D eigenvalue weighted by Gasteiger charge is 2.35. The molecule has 6 nitrogen and oxygen atoms in total. The summed E-state index contributed by atoms with van der Waals surface area (Å²) in [4.78, 5) is 29.3. The van der Waals surface area contributed by atoms with E-state index in [0.717, 1.165) is 29.9 Å². The van der Waals surface area contributed by atoms with Crippen LogP contribution in [0, 0.1) is 6.92 Å². The minimum Gasteiger partial charge on any atom is -0.467 e. The van der Waals surface area contributed by atoms with Crippen molar-refractivity contribution < 1.29 is 18.7 Å². The minimum atomic E-state index is -0.911. The molecular weight excluding hydrogens is 412 g/mol. The van der Waals surface area contributed by atoms with Gasteiger partial charge < -0.3 is 14.5 Å². The fourth-order valence-corrected chi connectivity index (χ4v) is 4.42. The average Bonchev–Trinajstić information content (AvgIpc) is 3.55. The van der Waals surface area contributed by atoms with Crippen molar-refractivity contribution in [3.8, 4) is 0 Å². The minimum absolute atomic E-state index is 0.0100. The van der Waals surface area contributed by atoms with E-state index in [-0.39, 0.29) is 24.3 Å². The van der Waals surface area contributed by atoms with Crippen molar-refractivity contribution in [3.63, 3.8) is 0 Å². The molecule has 2 atom stereocenters. The van der Waals surface area contributed by atoms with Gasteiger partial charge in [-0.3, -0.25) is 14.5 Å². The normalized spacial score (nSPS) is 16.7. The van der Waals surface area contributed by atoms with Gasteiger partial charge in [-0.25, -0.2) is 0 Å². The molecule has 31 heavy (non-hydrogen) atoms. The molecule has 162 valence electrons. The van der Waals surface area contributed by atoms with Crippen molar-refractivity contribution in [3.05, 3.63) is 76.4 Å². The van der Waals surface area contributed by atoms with E-state index in [1.807, 2.05) is 48.7 Å². The Labute approximate surface area is 185 Å². The van der Waals surface area contributed by atoms with Crippen LogP contribution >= 0.6 is 11.3 Å². The summed E-state index contributed by atoms with van der Waals surface area (Å²) in [6, 6.07) is 14.0. The molecule has 2 amide bonds. The monoisotopic (exact) mass is 438 g/mol. The van der Waals surface area contributed by atoms with E-state index in [1.165, 1.54) is 17.6 Å². The van der Waals surface area contributed by atoms with Crippen LogP contribution in [-0.4, -0.2) is 31.1 Å². The lowest BCUT2D eigenvalue weighted by Gasteiger charge is -2.30. The Hall–Kier alpha value is -2.90. The van der Waals surface area contributed by atoms with Crippen LogP contribution < -0.4 is 10.2 Å². The zero-order chi connectivity index (χ0) is 21.6. The predicted octanol–water partition coefficient (Wildman–Crippen LogP) is 4.26. The van der Waals surface area contributed by atoms with Crippen LogP contribution in [0.3, 0.4) is 0 Å². The molecule has 0 bridgehead atoms. The quantitative estimate of drug-likeness (QED) is 0.570. The SMILES string of the molecule is Cc1ccc(N(C(=O)Cc2cccs2)C(C(=O)NCC2CCCO2)c2ccco2)cc1. The molecule has 0 spiro atoms. The van der Waals surface area contributed by atoms with Crippen LogP contribution in [-0.2, 0) is 20.7 Å². The first-order valence-electron chi connectivity index (χ1n) is 10.5. The number of furan rings is 1. The lowest BCUT2D eigenvalue weighted by molar-refractivity contribution is -0.127. The highest BCUT2D eigenvalue weighted by atomic mass is 32.1. The summed E-state index contributed by atoms with van der Waals surface area (Å²) in [5, 5.41) is 4.91. The van der Waals surface area contributed by atoms with Crippen LogP contribution in [0.1, 0.15) is 35.1 Å². The summed E-state index contributed by atoms with van der Waals surface area (Å²) >= 11 is 1.52. The maximum atomic E-state index is 13.5. The molecule has 1 aliphatic rings. The molecule has 1 aromatic carbocycles. The summed E-state index contributed by atoms with van der Waals surface area (Å²) < 4.78 is 11.2. The molecule has 3 heterocycles. The number of thiophene rings is 1. The largest absolute Gasteiger partial charge is 0.467 e. The Morgan fingerprint density at radius 1 is 1.19 bits per heavy atom. The fourth-order valence-electron chi connectivity index (χ4n) is 3.73. The number of hydrogen-bond donors (Lipinski definition) is 1. The van der Waals surface area contributed by atoms with Gasteiger partial charge in [0.15, 0.2) is 6.04 Å². The van der Waals surface area contributed by atoms with Crippen LogP contribution in [0.25, 0.3) is 0 Å². The molecule has 2 unspecified atom stereocenters. The molecule has 2 aromatic heterocycles. The standard InChI is InChI=1S/C24H26N2O4S/c1-17-8-10-18(11-9-17)26(22(27)15-20-6-4-14-31-20)23(21-7-3-13-30-21)24(28)25-16-19-5-2-12-29-19/h3-4,6-11,13-14,19,23H,2,5,12,15-16H2,1H3,(H,25,28). The molecule has 1 aliphatic heterocycles. The lowest BCUT2D eigenvalue weighted by Crippen LogP contribution is -2.46. The molecule has 1 saturated heterocycles. The van der Waals surface area contributed by atoms with E-state index in [1.54, 1.807) is 17.0 Å². The number of carbonyl (C=O) groups excluding carboxylic acids is 2. The van der Waals surface area contributed by atoms with E-state index in [9.17, 15) is 9.59 Å². The third-order valence-corrected chi connectivity index (χ3v) is 6.21. The van der Waals surface area contributed by atoms with Crippen LogP contribution in [0.2, 0.25) is 0 Å². The van der Waals surface area contributed by atoms with Crippen molar-refractivity contribution in [2.45, 2.75) is 38.3 Å². The Bertz CT molecular complexity index is 977. The molecule has 0 radical (unpaired) electrons. The number of aryl methyl sites for hydroxylation is 1. The number of amides is 2. The van der Waals surface area contributed by atoms with E-state index in [4.69, 9.17) is 9.15 Å². The van der Waals surface area contributed by atoms with Gasteiger partial charge in [0.1, 0.15) is 5.76 Å². The fraction of sp³-hybridized carbons (Fsp3) is 0.333. The summed E-state index contributed by atoms with van der Waals surface area (Å²) in [5.74, 6) is -0.0320. The first kappa shape index (κ1) is 21.3. The van der Waals surface area contributed by atoms with Gasteiger partial charge in [-0.1, -0.05) is 23.8 Å². The van der Waals surface area contributed by atoms with E-state index in [2.05, 4.69) is 5.32 Å². The number of carbonyl (C=O) groups is 2. The van der Waals surface area contributed by atoms with E-state index >= 15 is 0 Å². The van der Waals surface area contributed by atoms with Gasteiger partial charge in [0, 0.05) is 23.7 Å². The maximum absolute atomic E-state index is 13.5. The first-order chi connectivity index (χ1) is 15.1. The van der Waals surface area contributed by atoms with Crippen LogP contribution in [0.15, 0.2) is 64.6 Å². The van der Waals surface area contributed by atoms with Gasteiger partial charge in [-0.2, -0.15) is 0 Å². The van der Waals surface area contributed by atoms with Crippen molar-refractivity contribution >= 4 is 28.8 Å². The number of nitrogens with zero attached hydrogens (tertiary/aromatic N) is 1. The topological polar surface area (TPSA) is 71.8 Å². The molecular formula is C24H26N2O4S. The van der Waals surface area contributed by atoms with Crippen LogP contribution in [0.5, 0.6) is 0 Å². The molecule has 7 heteroatoms. The molecule has 0 aliphatic carbocycles.